The van der Waals surface area contributed by atoms with Gasteiger partial charge in [-0.15, -0.1) is 0 Å². The second kappa shape index (κ2) is 7.79. The molecule has 0 aliphatic rings. The van der Waals surface area contributed by atoms with Gasteiger partial charge in [-0.2, -0.15) is 5.10 Å². The molecule has 3 aromatic heterocycles. The van der Waals surface area contributed by atoms with Crippen LogP contribution in [0.2, 0.25) is 0 Å². The topological polar surface area (TPSA) is 74.0 Å². The van der Waals surface area contributed by atoms with Gasteiger partial charge >= 0.3 is 0 Å². The summed E-state index contributed by atoms with van der Waals surface area (Å²) in [6.07, 6.45) is 6.99. The van der Waals surface area contributed by atoms with E-state index in [-0.39, 0.29) is 5.91 Å². The van der Waals surface area contributed by atoms with Crippen LogP contribution in [0.5, 0.6) is 11.6 Å². The SMILES string of the molecule is Cn1ncc(C(=O)NCc2ccnc(Oc3ccccc3)c2)c1-n1cccc1. The van der Waals surface area contributed by atoms with Gasteiger partial charge in [0.1, 0.15) is 17.1 Å². The van der Waals surface area contributed by atoms with E-state index in [2.05, 4.69) is 15.4 Å². The fraction of sp³-hybridized carbons (Fsp3) is 0.0952. The summed E-state index contributed by atoms with van der Waals surface area (Å²) in [6.45, 7) is 0.354. The van der Waals surface area contributed by atoms with Gasteiger partial charge in [-0.1, -0.05) is 18.2 Å². The second-order valence-corrected chi connectivity index (χ2v) is 6.20. The van der Waals surface area contributed by atoms with Crippen LogP contribution in [0.1, 0.15) is 15.9 Å². The molecule has 1 amide bonds. The number of aromatic nitrogens is 4. The number of amides is 1. The summed E-state index contributed by atoms with van der Waals surface area (Å²) >= 11 is 0. The lowest BCUT2D eigenvalue weighted by Gasteiger charge is -2.09. The van der Waals surface area contributed by atoms with Crippen molar-refractivity contribution in [2.75, 3.05) is 0 Å². The molecule has 0 aliphatic carbocycles. The van der Waals surface area contributed by atoms with Gasteiger partial charge in [0.15, 0.2) is 0 Å². The molecular weight excluding hydrogens is 354 g/mol. The highest BCUT2D eigenvalue weighted by Gasteiger charge is 2.17. The Balaban J connectivity index is 1.45. The number of carbonyl (C=O) groups is 1. The quantitative estimate of drug-likeness (QED) is 0.563. The number of pyridine rings is 1. The van der Waals surface area contributed by atoms with Crippen LogP contribution in [-0.2, 0) is 13.6 Å². The van der Waals surface area contributed by atoms with Crippen molar-refractivity contribution in [3.8, 4) is 17.4 Å². The van der Waals surface area contributed by atoms with Crippen LogP contribution in [-0.4, -0.2) is 25.2 Å². The van der Waals surface area contributed by atoms with E-state index in [1.165, 1.54) is 0 Å². The van der Waals surface area contributed by atoms with Crippen LogP contribution < -0.4 is 10.1 Å². The van der Waals surface area contributed by atoms with E-state index in [1.54, 1.807) is 17.1 Å². The van der Waals surface area contributed by atoms with Gasteiger partial charge in [0.2, 0.25) is 5.88 Å². The van der Waals surface area contributed by atoms with Crippen LogP contribution in [0, 0.1) is 0 Å². The Labute approximate surface area is 162 Å². The van der Waals surface area contributed by atoms with Crippen LogP contribution >= 0.6 is 0 Å². The van der Waals surface area contributed by atoms with Crippen LogP contribution in [0.4, 0.5) is 0 Å². The molecule has 1 aromatic carbocycles. The first kappa shape index (κ1) is 17.5. The number of nitrogens with zero attached hydrogens (tertiary/aromatic N) is 4. The molecule has 0 saturated heterocycles. The third kappa shape index (κ3) is 3.78. The summed E-state index contributed by atoms with van der Waals surface area (Å²) in [7, 11) is 1.81. The maximum atomic E-state index is 12.7. The first-order valence-electron chi connectivity index (χ1n) is 8.82. The van der Waals surface area contributed by atoms with E-state index in [1.807, 2.05) is 78.6 Å². The van der Waals surface area contributed by atoms with Crippen molar-refractivity contribution in [1.82, 2.24) is 24.6 Å². The standard InChI is InChI=1S/C21H19N5O2/c1-25-21(26-11-5-6-12-26)18(15-24-25)20(27)23-14-16-9-10-22-19(13-16)28-17-7-3-2-4-8-17/h2-13,15H,14H2,1H3,(H,23,27). The number of hydrogen-bond acceptors (Lipinski definition) is 4. The molecule has 140 valence electrons. The minimum atomic E-state index is -0.195. The number of ether oxygens (including phenoxy) is 1. The molecule has 0 saturated carbocycles. The number of hydrogen-bond donors (Lipinski definition) is 1. The average molecular weight is 373 g/mol. The zero-order chi connectivity index (χ0) is 19.3. The first-order chi connectivity index (χ1) is 13.7. The molecule has 0 bridgehead atoms. The molecule has 28 heavy (non-hydrogen) atoms. The Bertz CT molecular complexity index is 1070. The second-order valence-electron chi connectivity index (χ2n) is 6.20. The molecule has 4 aromatic rings. The molecule has 0 aliphatic heterocycles. The molecule has 3 heterocycles. The Hall–Kier alpha value is -3.87. The molecule has 0 atom stereocenters. The third-order valence-electron chi connectivity index (χ3n) is 4.22. The van der Waals surface area contributed by atoms with E-state index in [0.29, 0.717) is 29.6 Å². The largest absolute Gasteiger partial charge is 0.439 e. The van der Waals surface area contributed by atoms with Crippen molar-refractivity contribution in [3.63, 3.8) is 0 Å². The molecule has 0 spiro atoms. The maximum Gasteiger partial charge on any atom is 0.256 e. The molecule has 7 nitrogen and oxygen atoms in total. The number of carbonyl (C=O) groups excluding carboxylic acids is 1. The summed E-state index contributed by atoms with van der Waals surface area (Å²) in [5.74, 6) is 1.71. The van der Waals surface area contributed by atoms with Crippen molar-refractivity contribution in [3.05, 3.63) is 90.5 Å². The van der Waals surface area contributed by atoms with Crippen LogP contribution in [0.15, 0.2) is 79.4 Å². The van der Waals surface area contributed by atoms with E-state index in [9.17, 15) is 4.79 Å². The monoisotopic (exact) mass is 373 g/mol. The number of rotatable bonds is 6. The predicted molar refractivity (Wildman–Crippen MR) is 104 cm³/mol. The zero-order valence-corrected chi connectivity index (χ0v) is 15.3. The molecule has 7 heteroatoms. The van der Waals surface area contributed by atoms with Crippen molar-refractivity contribution in [1.29, 1.82) is 0 Å². The lowest BCUT2D eigenvalue weighted by molar-refractivity contribution is 0.0950. The smallest absolute Gasteiger partial charge is 0.256 e. The number of nitrogens with one attached hydrogen (secondary N) is 1. The fourth-order valence-corrected chi connectivity index (χ4v) is 2.88. The summed E-state index contributed by atoms with van der Waals surface area (Å²) in [5.41, 5.74) is 1.40. The van der Waals surface area contributed by atoms with Gasteiger partial charge in [0, 0.05) is 38.2 Å². The lowest BCUT2D eigenvalue weighted by Crippen LogP contribution is -2.24. The van der Waals surface area contributed by atoms with Crippen molar-refractivity contribution in [2.24, 2.45) is 7.05 Å². The van der Waals surface area contributed by atoms with Gasteiger partial charge in [-0.3, -0.25) is 9.48 Å². The predicted octanol–water partition coefficient (Wildman–Crippen LogP) is 3.33. The molecule has 0 radical (unpaired) electrons. The van der Waals surface area contributed by atoms with E-state index >= 15 is 0 Å². The Kier molecular flexibility index (Phi) is 4.88. The highest BCUT2D eigenvalue weighted by Crippen LogP contribution is 2.19. The van der Waals surface area contributed by atoms with Gasteiger partial charge < -0.3 is 14.6 Å². The number of benzene rings is 1. The summed E-state index contributed by atoms with van der Waals surface area (Å²) in [4.78, 5) is 16.9. The third-order valence-corrected chi connectivity index (χ3v) is 4.22. The number of aryl methyl sites for hydroxylation is 1. The van der Waals surface area contributed by atoms with Gasteiger partial charge in [0.05, 0.1) is 6.20 Å². The average Bonchev–Trinajstić information content (AvgIpc) is 3.36. The Morgan fingerprint density at radius 3 is 2.68 bits per heavy atom. The normalized spacial score (nSPS) is 10.6. The molecule has 0 unspecified atom stereocenters. The Morgan fingerprint density at radius 2 is 1.89 bits per heavy atom. The van der Waals surface area contributed by atoms with Gasteiger partial charge in [-0.05, 0) is 35.9 Å². The van der Waals surface area contributed by atoms with Crippen molar-refractivity contribution in [2.45, 2.75) is 6.54 Å². The van der Waals surface area contributed by atoms with Crippen LogP contribution in [0.25, 0.3) is 5.82 Å². The summed E-state index contributed by atoms with van der Waals surface area (Å²) in [6, 6.07) is 16.9. The number of para-hydroxylation sites is 1. The molecule has 0 fully saturated rings. The first-order valence-corrected chi connectivity index (χ1v) is 8.82. The summed E-state index contributed by atoms with van der Waals surface area (Å²) in [5, 5.41) is 7.15. The maximum absolute atomic E-state index is 12.7. The zero-order valence-electron chi connectivity index (χ0n) is 15.3. The van der Waals surface area contributed by atoms with E-state index < -0.39 is 0 Å². The lowest BCUT2D eigenvalue weighted by atomic mass is 10.2. The van der Waals surface area contributed by atoms with Gasteiger partial charge in [-0.25, -0.2) is 4.98 Å². The molecule has 4 rings (SSSR count). The van der Waals surface area contributed by atoms with Crippen molar-refractivity contribution < 1.29 is 9.53 Å². The molecular formula is C21H19N5O2. The van der Waals surface area contributed by atoms with Gasteiger partial charge in [0.25, 0.3) is 5.91 Å². The highest BCUT2D eigenvalue weighted by atomic mass is 16.5. The van der Waals surface area contributed by atoms with E-state index in [0.717, 1.165) is 5.56 Å². The van der Waals surface area contributed by atoms with Crippen molar-refractivity contribution >= 4 is 5.91 Å². The minimum absolute atomic E-state index is 0.195. The minimum Gasteiger partial charge on any atom is -0.439 e. The highest BCUT2D eigenvalue weighted by molar-refractivity contribution is 5.97. The summed E-state index contributed by atoms with van der Waals surface area (Å²) < 4.78 is 9.28. The van der Waals surface area contributed by atoms with E-state index in [4.69, 9.17) is 4.74 Å². The van der Waals surface area contributed by atoms with Crippen LogP contribution in [0.3, 0.4) is 0 Å². The fourth-order valence-electron chi connectivity index (χ4n) is 2.88. The Morgan fingerprint density at radius 1 is 1.11 bits per heavy atom. The molecule has 1 N–H and O–H groups in total.